The number of carbonyl (C=O) groups is 2. The number of benzene rings is 2. The van der Waals surface area contributed by atoms with E-state index in [1.54, 1.807) is 38.3 Å². The third-order valence-corrected chi connectivity index (χ3v) is 5.15. The van der Waals surface area contributed by atoms with E-state index in [9.17, 15) is 9.59 Å². The predicted octanol–water partition coefficient (Wildman–Crippen LogP) is 1.76. The van der Waals surface area contributed by atoms with Gasteiger partial charge in [-0.2, -0.15) is 0 Å². The zero-order chi connectivity index (χ0) is 22.9. The Hall–Kier alpha value is -3.02. The zero-order valence-corrected chi connectivity index (χ0v) is 21.3. The molecular formula is C23H30IN5O4. The normalized spacial score (nSPS) is 13.5. The predicted molar refractivity (Wildman–Crippen MR) is 137 cm³/mol. The van der Waals surface area contributed by atoms with E-state index in [2.05, 4.69) is 20.9 Å². The first-order valence-corrected chi connectivity index (χ1v) is 10.3. The lowest BCUT2D eigenvalue weighted by Crippen LogP contribution is -2.49. The smallest absolute Gasteiger partial charge is 0.254 e. The van der Waals surface area contributed by atoms with Gasteiger partial charge in [-0.3, -0.25) is 14.6 Å². The number of hydrogen-bond donors (Lipinski definition) is 3. The highest BCUT2D eigenvalue weighted by Gasteiger charge is 2.22. The van der Waals surface area contributed by atoms with Gasteiger partial charge in [0, 0.05) is 50.4 Å². The summed E-state index contributed by atoms with van der Waals surface area (Å²) in [5, 5.41) is 9.24. The van der Waals surface area contributed by atoms with Crippen molar-refractivity contribution < 1.29 is 19.1 Å². The second kappa shape index (κ2) is 12.9. The number of aliphatic imine (C=N–C) groups is 1. The standard InChI is InChI=1S/C23H29N5O4.HI/c1-24-23(27-14-18-8-9-19(31-2)12-20(18)32-3)26-13-16-4-6-17(7-5-16)22(30)28-11-10-25-21(29)15-28;/h4-9,12H,10-11,13-15H2,1-3H3,(H,25,29)(H2,24,26,27);1H. The van der Waals surface area contributed by atoms with Crippen molar-refractivity contribution in [2.24, 2.45) is 4.99 Å². The fourth-order valence-electron chi connectivity index (χ4n) is 3.34. The zero-order valence-electron chi connectivity index (χ0n) is 19.0. The lowest BCUT2D eigenvalue weighted by atomic mass is 10.1. The van der Waals surface area contributed by atoms with Crippen molar-refractivity contribution in [2.45, 2.75) is 13.1 Å². The van der Waals surface area contributed by atoms with Crippen LogP contribution < -0.4 is 25.4 Å². The van der Waals surface area contributed by atoms with Crippen molar-refractivity contribution in [1.82, 2.24) is 20.9 Å². The van der Waals surface area contributed by atoms with Crippen molar-refractivity contribution in [2.75, 3.05) is 40.9 Å². The van der Waals surface area contributed by atoms with Gasteiger partial charge in [0.25, 0.3) is 5.91 Å². The largest absolute Gasteiger partial charge is 0.497 e. The molecule has 1 fully saturated rings. The molecule has 33 heavy (non-hydrogen) atoms. The van der Waals surface area contributed by atoms with Crippen LogP contribution in [0.25, 0.3) is 0 Å². The van der Waals surface area contributed by atoms with Crippen molar-refractivity contribution in [1.29, 1.82) is 0 Å². The summed E-state index contributed by atoms with van der Waals surface area (Å²) in [7, 11) is 4.95. The molecule has 0 aliphatic carbocycles. The maximum absolute atomic E-state index is 12.6. The molecule has 178 valence electrons. The Labute approximate surface area is 210 Å². The minimum Gasteiger partial charge on any atom is -0.497 e. The van der Waals surface area contributed by atoms with Crippen LogP contribution in [0.15, 0.2) is 47.5 Å². The highest BCUT2D eigenvalue weighted by Crippen LogP contribution is 2.24. The molecule has 0 bridgehead atoms. The molecule has 1 aliphatic heterocycles. The quantitative estimate of drug-likeness (QED) is 0.268. The van der Waals surface area contributed by atoms with Gasteiger partial charge in [-0.05, 0) is 29.8 Å². The van der Waals surface area contributed by atoms with E-state index in [0.29, 0.717) is 37.7 Å². The number of piperazine rings is 1. The molecule has 0 spiro atoms. The number of nitrogens with one attached hydrogen (secondary N) is 3. The average Bonchev–Trinajstić information content (AvgIpc) is 2.84. The van der Waals surface area contributed by atoms with E-state index in [0.717, 1.165) is 22.6 Å². The summed E-state index contributed by atoms with van der Waals surface area (Å²) in [4.78, 5) is 29.9. The van der Waals surface area contributed by atoms with Crippen LogP contribution >= 0.6 is 24.0 Å². The fraction of sp³-hybridized carbons (Fsp3) is 0.348. The summed E-state index contributed by atoms with van der Waals surface area (Å²) in [6, 6.07) is 13.0. The van der Waals surface area contributed by atoms with E-state index < -0.39 is 0 Å². The van der Waals surface area contributed by atoms with Crippen LogP contribution in [0.4, 0.5) is 0 Å². The third-order valence-electron chi connectivity index (χ3n) is 5.15. The Balaban J connectivity index is 0.00000385. The summed E-state index contributed by atoms with van der Waals surface area (Å²) in [6.45, 7) is 2.18. The van der Waals surface area contributed by atoms with E-state index in [-0.39, 0.29) is 42.3 Å². The second-order valence-corrected chi connectivity index (χ2v) is 7.23. The Morgan fingerprint density at radius 2 is 1.82 bits per heavy atom. The maximum atomic E-state index is 12.6. The van der Waals surface area contributed by atoms with E-state index in [1.807, 2.05) is 30.3 Å². The third kappa shape index (κ3) is 7.24. The molecule has 10 heteroatoms. The lowest BCUT2D eigenvalue weighted by molar-refractivity contribution is -0.123. The fourth-order valence-corrected chi connectivity index (χ4v) is 3.34. The van der Waals surface area contributed by atoms with Crippen LogP contribution in [0, 0.1) is 0 Å². The summed E-state index contributed by atoms with van der Waals surface area (Å²) in [5.41, 5.74) is 2.55. The van der Waals surface area contributed by atoms with Crippen molar-refractivity contribution in [3.8, 4) is 11.5 Å². The minimum absolute atomic E-state index is 0. The molecule has 3 rings (SSSR count). The molecule has 2 aromatic rings. The van der Waals surface area contributed by atoms with Crippen LogP contribution in [-0.2, 0) is 17.9 Å². The number of hydrogen-bond acceptors (Lipinski definition) is 5. The van der Waals surface area contributed by atoms with Crippen LogP contribution in [0.1, 0.15) is 21.5 Å². The molecule has 2 amide bonds. The van der Waals surface area contributed by atoms with E-state index in [1.165, 1.54) is 0 Å². The number of carbonyl (C=O) groups excluding carboxylic acids is 2. The number of amides is 2. The molecule has 1 saturated heterocycles. The van der Waals surface area contributed by atoms with Crippen molar-refractivity contribution in [3.63, 3.8) is 0 Å². The molecule has 1 aliphatic rings. The Morgan fingerprint density at radius 3 is 2.45 bits per heavy atom. The van der Waals surface area contributed by atoms with Gasteiger partial charge in [0.05, 0.1) is 20.8 Å². The highest BCUT2D eigenvalue weighted by molar-refractivity contribution is 14.0. The SMILES string of the molecule is CN=C(NCc1ccc(C(=O)N2CCNC(=O)C2)cc1)NCc1ccc(OC)cc1OC.I. The van der Waals surface area contributed by atoms with Crippen molar-refractivity contribution >= 4 is 41.8 Å². The summed E-state index contributed by atoms with van der Waals surface area (Å²) >= 11 is 0. The van der Waals surface area contributed by atoms with Gasteiger partial charge in [-0.25, -0.2) is 0 Å². The summed E-state index contributed by atoms with van der Waals surface area (Å²) in [6.07, 6.45) is 0. The Morgan fingerprint density at radius 1 is 1.09 bits per heavy atom. The number of halogens is 1. The van der Waals surface area contributed by atoms with Crippen molar-refractivity contribution in [3.05, 3.63) is 59.2 Å². The average molecular weight is 567 g/mol. The van der Waals surface area contributed by atoms with E-state index in [4.69, 9.17) is 9.47 Å². The maximum Gasteiger partial charge on any atom is 0.254 e. The molecule has 0 unspecified atom stereocenters. The first-order chi connectivity index (χ1) is 15.5. The Bertz CT molecular complexity index is 981. The molecule has 0 saturated carbocycles. The van der Waals surface area contributed by atoms with Crippen LogP contribution in [0.2, 0.25) is 0 Å². The van der Waals surface area contributed by atoms with Gasteiger partial charge in [0.15, 0.2) is 5.96 Å². The number of rotatable bonds is 7. The van der Waals surface area contributed by atoms with Gasteiger partial charge >= 0.3 is 0 Å². The van der Waals surface area contributed by atoms with E-state index >= 15 is 0 Å². The molecule has 2 aromatic carbocycles. The molecule has 9 nitrogen and oxygen atoms in total. The van der Waals surface area contributed by atoms with Crippen LogP contribution in [-0.4, -0.2) is 63.6 Å². The molecule has 0 radical (unpaired) electrons. The van der Waals surface area contributed by atoms with Crippen LogP contribution in [0.5, 0.6) is 11.5 Å². The van der Waals surface area contributed by atoms with Gasteiger partial charge in [0.1, 0.15) is 11.5 Å². The number of ether oxygens (including phenoxy) is 2. The van der Waals surface area contributed by atoms with Crippen LogP contribution in [0.3, 0.4) is 0 Å². The molecular weight excluding hydrogens is 537 g/mol. The van der Waals surface area contributed by atoms with Gasteiger partial charge in [-0.1, -0.05) is 12.1 Å². The summed E-state index contributed by atoms with van der Waals surface area (Å²) < 4.78 is 10.7. The van der Waals surface area contributed by atoms with Gasteiger partial charge < -0.3 is 30.3 Å². The topological polar surface area (TPSA) is 104 Å². The Kier molecular flexibility index (Phi) is 10.2. The number of methoxy groups -OCH3 is 2. The number of nitrogens with zero attached hydrogens (tertiary/aromatic N) is 2. The first kappa shape index (κ1) is 26.2. The monoisotopic (exact) mass is 567 g/mol. The van der Waals surface area contributed by atoms with Gasteiger partial charge in [-0.15, -0.1) is 24.0 Å². The second-order valence-electron chi connectivity index (χ2n) is 7.23. The molecule has 0 aromatic heterocycles. The highest BCUT2D eigenvalue weighted by atomic mass is 127. The molecule has 3 N–H and O–H groups in total. The number of guanidine groups is 1. The molecule has 1 heterocycles. The lowest BCUT2D eigenvalue weighted by Gasteiger charge is -2.26. The molecule has 0 atom stereocenters. The van der Waals surface area contributed by atoms with Gasteiger partial charge in [0.2, 0.25) is 5.91 Å². The first-order valence-electron chi connectivity index (χ1n) is 10.3. The minimum atomic E-state index is -0.134. The summed E-state index contributed by atoms with van der Waals surface area (Å²) in [5.74, 6) is 1.85.